The number of carbonyl (C=O) groups is 1. The zero-order valence-corrected chi connectivity index (χ0v) is 15.0. The third-order valence-corrected chi connectivity index (χ3v) is 5.91. The third-order valence-electron chi connectivity index (χ3n) is 5.91. The SMILES string of the molecule is COCc1nc2n(n1)CCCC2NC(=O)NC1CC1C1CCCCC1. The first-order valence-electron chi connectivity index (χ1n) is 9.74. The molecule has 2 fully saturated rings. The molecule has 2 aliphatic carbocycles. The van der Waals surface area contributed by atoms with Gasteiger partial charge in [0.15, 0.2) is 5.82 Å². The number of ether oxygens (including phenoxy) is 1. The van der Waals surface area contributed by atoms with E-state index in [0.29, 0.717) is 24.4 Å². The number of aromatic nitrogens is 3. The summed E-state index contributed by atoms with van der Waals surface area (Å²) in [4.78, 5) is 17.0. The molecular formula is C18H29N5O2. The number of hydrogen-bond donors (Lipinski definition) is 2. The molecule has 2 heterocycles. The Morgan fingerprint density at radius 3 is 2.84 bits per heavy atom. The summed E-state index contributed by atoms with van der Waals surface area (Å²) in [5.74, 6) is 3.07. The number of rotatable bonds is 5. The van der Waals surface area contributed by atoms with Crippen LogP contribution in [0.5, 0.6) is 0 Å². The van der Waals surface area contributed by atoms with Gasteiger partial charge in [-0.05, 0) is 31.1 Å². The van der Waals surface area contributed by atoms with E-state index < -0.39 is 0 Å². The molecule has 7 nitrogen and oxygen atoms in total. The van der Waals surface area contributed by atoms with Gasteiger partial charge in [-0.15, -0.1) is 0 Å². The summed E-state index contributed by atoms with van der Waals surface area (Å²) in [5.41, 5.74) is 0. The fourth-order valence-electron chi connectivity index (χ4n) is 4.56. The average Bonchev–Trinajstić information content (AvgIpc) is 3.24. The first-order valence-corrected chi connectivity index (χ1v) is 9.74. The quantitative estimate of drug-likeness (QED) is 0.858. The maximum absolute atomic E-state index is 12.4. The summed E-state index contributed by atoms with van der Waals surface area (Å²) in [6, 6.07) is 0.255. The van der Waals surface area contributed by atoms with Crippen LogP contribution in [-0.2, 0) is 17.9 Å². The van der Waals surface area contributed by atoms with Crippen LogP contribution < -0.4 is 10.6 Å². The number of amides is 2. The molecular weight excluding hydrogens is 318 g/mol. The van der Waals surface area contributed by atoms with Crippen LogP contribution in [0, 0.1) is 11.8 Å². The molecule has 0 aromatic carbocycles. The molecule has 3 unspecified atom stereocenters. The fourth-order valence-corrected chi connectivity index (χ4v) is 4.56. The number of carbonyl (C=O) groups excluding carboxylic acids is 1. The Kier molecular flexibility index (Phi) is 4.92. The van der Waals surface area contributed by atoms with Crippen molar-refractivity contribution in [1.82, 2.24) is 25.4 Å². The van der Waals surface area contributed by atoms with Crippen LogP contribution >= 0.6 is 0 Å². The molecule has 1 aromatic heterocycles. The molecule has 3 aliphatic rings. The van der Waals surface area contributed by atoms with Gasteiger partial charge in [-0.2, -0.15) is 5.10 Å². The lowest BCUT2D eigenvalue weighted by molar-refractivity contribution is 0.177. The molecule has 0 saturated heterocycles. The molecule has 0 bridgehead atoms. The van der Waals surface area contributed by atoms with Crippen molar-refractivity contribution in [2.24, 2.45) is 11.8 Å². The number of nitrogens with zero attached hydrogens (tertiary/aromatic N) is 3. The lowest BCUT2D eigenvalue weighted by atomic mass is 9.85. The summed E-state index contributed by atoms with van der Waals surface area (Å²) in [6.07, 6.45) is 9.86. The number of urea groups is 1. The minimum Gasteiger partial charge on any atom is -0.377 e. The molecule has 2 N–H and O–H groups in total. The van der Waals surface area contributed by atoms with Gasteiger partial charge >= 0.3 is 6.03 Å². The molecule has 138 valence electrons. The lowest BCUT2D eigenvalue weighted by Gasteiger charge is -2.24. The van der Waals surface area contributed by atoms with Crippen molar-refractivity contribution in [3.05, 3.63) is 11.6 Å². The van der Waals surface area contributed by atoms with Gasteiger partial charge in [0, 0.05) is 19.7 Å². The van der Waals surface area contributed by atoms with Crippen molar-refractivity contribution in [1.29, 1.82) is 0 Å². The van der Waals surface area contributed by atoms with Gasteiger partial charge in [-0.3, -0.25) is 0 Å². The van der Waals surface area contributed by atoms with Crippen molar-refractivity contribution >= 4 is 6.03 Å². The van der Waals surface area contributed by atoms with E-state index in [4.69, 9.17) is 4.74 Å². The summed E-state index contributed by atoms with van der Waals surface area (Å²) >= 11 is 0. The average molecular weight is 347 g/mol. The molecule has 1 aliphatic heterocycles. The van der Waals surface area contributed by atoms with Crippen LogP contribution in [0.1, 0.15) is 69.1 Å². The van der Waals surface area contributed by atoms with Gasteiger partial charge < -0.3 is 15.4 Å². The van der Waals surface area contributed by atoms with E-state index in [1.165, 1.54) is 32.1 Å². The van der Waals surface area contributed by atoms with E-state index in [-0.39, 0.29) is 12.1 Å². The summed E-state index contributed by atoms with van der Waals surface area (Å²) in [6.45, 7) is 1.27. The van der Waals surface area contributed by atoms with Crippen molar-refractivity contribution in [3.8, 4) is 0 Å². The third kappa shape index (κ3) is 3.81. The molecule has 7 heteroatoms. The molecule has 1 aromatic rings. The monoisotopic (exact) mass is 347 g/mol. The maximum atomic E-state index is 12.4. The Hall–Kier alpha value is -1.63. The van der Waals surface area contributed by atoms with Crippen molar-refractivity contribution in [2.75, 3.05) is 7.11 Å². The van der Waals surface area contributed by atoms with Crippen LogP contribution in [0.2, 0.25) is 0 Å². The van der Waals surface area contributed by atoms with Crippen molar-refractivity contribution in [3.63, 3.8) is 0 Å². The van der Waals surface area contributed by atoms with E-state index in [1.54, 1.807) is 7.11 Å². The van der Waals surface area contributed by atoms with E-state index in [0.717, 1.165) is 37.5 Å². The van der Waals surface area contributed by atoms with Crippen LogP contribution in [0.4, 0.5) is 4.79 Å². The largest absolute Gasteiger partial charge is 0.377 e. The van der Waals surface area contributed by atoms with E-state index in [9.17, 15) is 4.79 Å². The normalized spacial score (nSPS) is 29.1. The number of hydrogen-bond acceptors (Lipinski definition) is 4. The predicted octanol–water partition coefficient (Wildman–Crippen LogP) is 2.53. The van der Waals surface area contributed by atoms with E-state index >= 15 is 0 Å². The van der Waals surface area contributed by atoms with Gasteiger partial charge in [-0.1, -0.05) is 32.1 Å². The van der Waals surface area contributed by atoms with E-state index in [2.05, 4.69) is 20.7 Å². The maximum Gasteiger partial charge on any atom is 0.315 e. The standard InChI is InChI=1S/C18H29N5O2/c1-25-11-16-21-17-14(8-5-9-23(17)22-16)19-18(24)20-15-10-13(15)12-6-3-2-4-7-12/h12-15H,2-11H2,1H3,(H2,19,20,24). The van der Waals surface area contributed by atoms with Crippen LogP contribution in [0.15, 0.2) is 0 Å². The van der Waals surface area contributed by atoms with Gasteiger partial charge in [0.25, 0.3) is 0 Å². The highest BCUT2D eigenvalue weighted by atomic mass is 16.5. The number of nitrogens with one attached hydrogen (secondary N) is 2. The highest BCUT2D eigenvalue weighted by molar-refractivity contribution is 5.75. The Bertz CT molecular complexity index is 611. The topological polar surface area (TPSA) is 81.1 Å². The highest BCUT2D eigenvalue weighted by Gasteiger charge is 2.44. The summed E-state index contributed by atoms with van der Waals surface area (Å²) in [7, 11) is 1.64. The van der Waals surface area contributed by atoms with Crippen molar-refractivity contribution in [2.45, 2.75) is 76.6 Å². The first kappa shape index (κ1) is 16.8. The second-order valence-electron chi connectivity index (χ2n) is 7.76. The second-order valence-corrected chi connectivity index (χ2v) is 7.76. The zero-order chi connectivity index (χ0) is 17.2. The predicted molar refractivity (Wildman–Crippen MR) is 92.8 cm³/mol. The van der Waals surface area contributed by atoms with Crippen LogP contribution in [0.25, 0.3) is 0 Å². The van der Waals surface area contributed by atoms with Crippen LogP contribution in [0.3, 0.4) is 0 Å². The van der Waals surface area contributed by atoms with Gasteiger partial charge in [0.2, 0.25) is 0 Å². The molecule has 0 spiro atoms. The molecule has 2 amide bonds. The minimum absolute atomic E-state index is 0.0567. The zero-order valence-electron chi connectivity index (χ0n) is 15.0. The molecule has 2 saturated carbocycles. The van der Waals surface area contributed by atoms with Crippen molar-refractivity contribution < 1.29 is 9.53 Å². The summed E-state index contributed by atoms with van der Waals surface area (Å²) in [5, 5.41) is 10.7. The fraction of sp³-hybridized carbons (Fsp3) is 0.833. The molecule has 0 radical (unpaired) electrons. The van der Waals surface area contributed by atoms with Gasteiger partial charge in [-0.25, -0.2) is 14.5 Å². The molecule has 4 rings (SSSR count). The van der Waals surface area contributed by atoms with Gasteiger partial charge in [0.1, 0.15) is 12.4 Å². The minimum atomic E-state index is -0.0574. The Labute approximate surface area is 148 Å². The molecule has 25 heavy (non-hydrogen) atoms. The lowest BCUT2D eigenvalue weighted by Crippen LogP contribution is -2.41. The van der Waals surface area contributed by atoms with Crippen LogP contribution in [-0.4, -0.2) is 33.9 Å². The highest BCUT2D eigenvalue weighted by Crippen LogP contribution is 2.44. The second kappa shape index (κ2) is 7.32. The summed E-state index contributed by atoms with van der Waals surface area (Å²) < 4.78 is 7.02. The Morgan fingerprint density at radius 1 is 1.20 bits per heavy atom. The van der Waals surface area contributed by atoms with Gasteiger partial charge in [0.05, 0.1) is 6.04 Å². The van der Waals surface area contributed by atoms with E-state index in [1.807, 2.05) is 4.68 Å². The number of fused-ring (bicyclic) bond motifs is 1. The Morgan fingerprint density at radius 2 is 2.04 bits per heavy atom. The number of aryl methyl sites for hydroxylation is 1. The smallest absolute Gasteiger partial charge is 0.315 e. The Balaban J connectivity index is 1.30. The number of methoxy groups -OCH3 is 1. The first-order chi connectivity index (χ1) is 12.2. The molecule has 3 atom stereocenters.